The highest BCUT2D eigenvalue weighted by Gasteiger charge is 2.52. The van der Waals surface area contributed by atoms with Gasteiger partial charge in [-0.2, -0.15) is 0 Å². The van der Waals surface area contributed by atoms with Gasteiger partial charge in [-0.1, -0.05) is 18.7 Å². The van der Waals surface area contributed by atoms with Crippen LogP contribution < -0.4 is 19.5 Å². The zero-order valence-corrected chi connectivity index (χ0v) is 32.3. The van der Waals surface area contributed by atoms with E-state index in [1.54, 1.807) is 58.2 Å². The van der Waals surface area contributed by atoms with Gasteiger partial charge in [0.15, 0.2) is 0 Å². The van der Waals surface area contributed by atoms with Crippen LogP contribution in [0.3, 0.4) is 0 Å². The van der Waals surface area contributed by atoms with E-state index in [1.165, 1.54) is 22.1 Å². The smallest absolute Gasteiger partial charge is 0.408 e. The number of aromatic nitrogens is 1. The molecule has 1 aliphatic heterocycles. The summed E-state index contributed by atoms with van der Waals surface area (Å²) in [7, 11) is -2.51. The summed E-state index contributed by atoms with van der Waals surface area (Å²) in [5.74, 6) is -1.68. The molecule has 2 heterocycles. The van der Waals surface area contributed by atoms with Gasteiger partial charge in [0.2, 0.25) is 27.7 Å². The van der Waals surface area contributed by atoms with Gasteiger partial charge in [0.25, 0.3) is 5.91 Å². The number of hydrogen-bond donors (Lipinski definition) is 2. The first kappa shape index (κ1) is 40.7. The predicted octanol–water partition coefficient (Wildman–Crippen LogP) is 3.29. The topological polar surface area (TPSA) is 194 Å². The monoisotopic (exact) mass is 780 g/mol. The van der Waals surface area contributed by atoms with Crippen molar-refractivity contribution in [3.63, 3.8) is 0 Å². The largest absolute Gasteiger partial charge is 0.497 e. The molecule has 1 saturated heterocycles. The molecule has 2 N–H and O–H groups in total. The van der Waals surface area contributed by atoms with Gasteiger partial charge in [-0.25, -0.2) is 27.7 Å². The summed E-state index contributed by atoms with van der Waals surface area (Å²) in [6.07, 6.45) is 4.76. The number of nitrogens with one attached hydrogen (secondary N) is 2. The van der Waals surface area contributed by atoms with E-state index in [1.807, 2.05) is 0 Å². The second-order valence-electron chi connectivity index (χ2n) is 14.7. The number of nitrogens with zero attached hydrogens (tertiary/aromatic N) is 4. The fourth-order valence-electron chi connectivity index (χ4n) is 6.42. The van der Waals surface area contributed by atoms with Crippen LogP contribution in [0.5, 0.6) is 11.6 Å². The van der Waals surface area contributed by atoms with E-state index in [2.05, 4.69) is 34.8 Å². The van der Waals surface area contributed by atoms with Crippen LogP contribution in [0.4, 0.5) is 9.59 Å². The number of methoxy groups -OCH3 is 1. The maximum atomic E-state index is 14.7. The number of likely N-dealkylation sites (tertiary alicyclic amines) is 1. The summed E-state index contributed by atoms with van der Waals surface area (Å²) in [6, 6.07) is 2.38. The highest BCUT2D eigenvalue weighted by Crippen LogP contribution is 2.39. The lowest BCUT2D eigenvalue weighted by atomic mass is 10.1. The zero-order chi connectivity index (χ0) is 40.2. The number of carbonyl (C=O) groups is 5. The molecule has 55 heavy (non-hydrogen) atoms. The minimum atomic E-state index is -4.05. The summed E-state index contributed by atoms with van der Waals surface area (Å²) in [6.45, 7) is 15.3. The van der Waals surface area contributed by atoms with Crippen molar-refractivity contribution < 1.29 is 46.6 Å². The number of rotatable bonds is 15. The third-order valence-corrected chi connectivity index (χ3v) is 11.2. The zero-order valence-electron chi connectivity index (χ0n) is 31.4. The second kappa shape index (κ2) is 16.5. The minimum absolute atomic E-state index is 0.00962. The molecule has 296 valence electrons. The number of fused-ring (bicyclic) bond motifs is 1. The molecule has 2 aromatic rings. The Kier molecular flexibility index (Phi) is 12.2. The van der Waals surface area contributed by atoms with E-state index in [0.717, 1.165) is 16.4 Å². The molecular weight excluding hydrogens is 733 g/mol. The predicted molar refractivity (Wildman–Crippen MR) is 202 cm³/mol. The number of benzene rings is 1. The van der Waals surface area contributed by atoms with E-state index in [-0.39, 0.29) is 37.9 Å². The van der Waals surface area contributed by atoms with E-state index >= 15 is 0 Å². The van der Waals surface area contributed by atoms with E-state index in [9.17, 15) is 32.4 Å². The Morgan fingerprint density at radius 1 is 1.09 bits per heavy atom. The molecule has 17 heteroatoms. The van der Waals surface area contributed by atoms with Crippen molar-refractivity contribution in [3.05, 3.63) is 68.4 Å². The van der Waals surface area contributed by atoms with Crippen molar-refractivity contribution in [2.75, 3.05) is 26.7 Å². The van der Waals surface area contributed by atoms with Gasteiger partial charge in [-0.15, -0.1) is 13.2 Å². The molecule has 0 bridgehead atoms. The fraction of sp³-hybridized carbons (Fsp3) is 0.474. The van der Waals surface area contributed by atoms with Crippen molar-refractivity contribution in [3.8, 4) is 11.6 Å². The van der Waals surface area contributed by atoms with Crippen molar-refractivity contribution in [1.82, 2.24) is 29.7 Å². The van der Waals surface area contributed by atoms with Crippen molar-refractivity contribution in [1.29, 1.82) is 0 Å². The number of sulfonamides is 1. The third-order valence-electron chi connectivity index (χ3n) is 9.36. The van der Waals surface area contributed by atoms with Gasteiger partial charge in [0, 0.05) is 30.6 Å². The Labute approximate surface area is 320 Å². The SMILES string of the molecule is C=CCN(CC(NC(=O)OC(C)(C)C)C(=O)N1CC(Oc2nccc3cc(OC)ccc23)CC1C(=O)N(C(=O)NS(=O)(=O)C1CC1)C1CC1C=C)C(=O)C=C. The Balaban J connectivity index is 1.53. The third kappa shape index (κ3) is 9.81. The molecule has 5 rings (SSSR count). The van der Waals surface area contributed by atoms with Crippen LogP contribution in [-0.2, 0) is 29.1 Å². The summed E-state index contributed by atoms with van der Waals surface area (Å²) >= 11 is 0. The molecule has 16 nitrogen and oxygen atoms in total. The van der Waals surface area contributed by atoms with Gasteiger partial charge in [-0.3, -0.25) is 19.3 Å². The standard InChI is InChI=1S/C38H48N6O10S/c1-8-17-42(32(45)10-3)22-29(40-37(49)54-38(4,5)6)34(46)43-21-26(53-33-28-14-11-25(52-7)18-24(28)15-16-39-33)20-31(43)35(47)44(30-19-23(30)9-2)36(48)41-55(50,51)27-12-13-27/h8-11,14-16,18,23,26-27,29-31H,1-3,12-13,17,19-22H2,4-7H3,(H,40,49)(H,41,48). The van der Waals surface area contributed by atoms with Crippen molar-refractivity contribution in [2.24, 2.45) is 5.92 Å². The molecule has 2 saturated carbocycles. The Hall–Kier alpha value is -5.45. The Morgan fingerprint density at radius 2 is 1.82 bits per heavy atom. The second-order valence-corrected chi connectivity index (χ2v) is 16.6. The van der Waals surface area contributed by atoms with Gasteiger partial charge in [-0.05, 0) is 81.7 Å². The summed E-state index contributed by atoms with van der Waals surface area (Å²) in [5, 5.41) is 3.19. The molecule has 3 aliphatic rings. The number of imide groups is 1. The maximum Gasteiger partial charge on any atom is 0.408 e. The lowest BCUT2D eigenvalue weighted by molar-refractivity contribution is -0.144. The van der Waals surface area contributed by atoms with Gasteiger partial charge < -0.3 is 29.3 Å². The fourth-order valence-corrected chi connectivity index (χ4v) is 7.69. The van der Waals surface area contributed by atoms with Crippen molar-refractivity contribution >= 4 is 50.6 Å². The van der Waals surface area contributed by atoms with Gasteiger partial charge in [0.1, 0.15) is 29.5 Å². The number of ether oxygens (including phenoxy) is 3. The maximum absolute atomic E-state index is 14.7. The normalized spacial score (nSPS) is 21.1. The molecule has 1 aromatic carbocycles. The first-order chi connectivity index (χ1) is 26.0. The number of carbonyl (C=O) groups excluding carboxylic acids is 5. The molecule has 1 aromatic heterocycles. The van der Waals surface area contributed by atoms with Crippen molar-refractivity contribution in [2.45, 2.75) is 81.5 Å². The number of urea groups is 1. The molecule has 2 aliphatic carbocycles. The summed E-state index contributed by atoms with van der Waals surface area (Å²) < 4.78 is 44.9. The molecular formula is C38H48N6O10S. The summed E-state index contributed by atoms with van der Waals surface area (Å²) in [5.41, 5.74) is -0.948. The van der Waals surface area contributed by atoms with Crippen LogP contribution in [0.1, 0.15) is 46.5 Å². The average Bonchev–Trinajstić information content (AvgIpc) is 4.07. The van der Waals surface area contributed by atoms with Gasteiger partial charge >= 0.3 is 12.1 Å². The first-order valence-electron chi connectivity index (χ1n) is 17.9. The van der Waals surface area contributed by atoms with Crippen LogP contribution in [0.15, 0.2) is 68.4 Å². The number of hydrogen-bond acceptors (Lipinski definition) is 11. The summed E-state index contributed by atoms with van der Waals surface area (Å²) in [4.78, 5) is 76.7. The molecule has 6 amide bonds. The first-order valence-corrected chi connectivity index (χ1v) is 19.5. The number of amides is 6. The Morgan fingerprint density at radius 3 is 2.42 bits per heavy atom. The highest BCUT2D eigenvalue weighted by molar-refractivity contribution is 7.90. The van der Waals surface area contributed by atoms with Gasteiger partial charge in [0.05, 0.1) is 25.4 Å². The van der Waals surface area contributed by atoms with Crippen LogP contribution in [0, 0.1) is 5.92 Å². The van der Waals surface area contributed by atoms with E-state index < -0.39 is 74.9 Å². The average molecular weight is 781 g/mol. The molecule has 0 spiro atoms. The molecule has 3 fully saturated rings. The van der Waals surface area contributed by atoms with E-state index in [4.69, 9.17) is 14.2 Å². The lowest BCUT2D eigenvalue weighted by Crippen LogP contribution is -2.59. The van der Waals surface area contributed by atoms with Crippen LogP contribution >= 0.6 is 0 Å². The molecule has 5 atom stereocenters. The molecule has 0 radical (unpaired) electrons. The van der Waals surface area contributed by atoms with Crippen LogP contribution in [0.25, 0.3) is 10.8 Å². The minimum Gasteiger partial charge on any atom is -0.497 e. The lowest BCUT2D eigenvalue weighted by Gasteiger charge is -2.33. The van der Waals surface area contributed by atoms with E-state index in [0.29, 0.717) is 30.4 Å². The Bertz CT molecular complexity index is 1980. The van der Waals surface area contributed by atoms with Crippen LogP contribution in [0.2, 0.25) is 0 Å². The number of alkyl carbamates (subject to hydrolysis) is 1. The van der Waals surface area contributed by atoms with Crippen LogP contribution in [-0.4, -0.2) is 120 Å². The highest BCUT2D eigenvalue weighted by atomic mass is 32.2. The number of pyridine rings is 1. The molecule has 5 unspecified atom stereocenters. The quantitative estimate of drug-likeness (QED) is 0.199.